The maximum Gasteiger partial charge on any atom is 0.264 e. The van der Waals surface area contributed by atoms with Crippen LogP contribution in [0.2, 0.25) is 0 Å². The van der Waals surface area contributed by atoms with E-state index in [-0.39, 0.29) is 23.2 Å². The minimum Gasteiger partial charge on any atom is -0.368 e. The Bertz CT molecular complexity index is 1490. The zero-order chi connectivity index (χ0) is 26.5. The van der Waals surface area contributed by atoms with Crippen LogP contribution in [0.3, 0.4) is 0 Å². The Hall–Kier alpha value is -4.17. The van der Waals surface area contributed by atoms with Gasteiger partial charge in [0.2, 0.25) is 0 Å². The van der Waals surface area contributed by atoms with Gasteiger partial charge in [-0.05, 0) is 54.1 Å². The maximum atomic E-state index is 13.9. The summed E-state index contributed by atoms with van der Waals surface area (Å²) in [5.74, 6) is -0.509. The molecule has 0 bridgehead atoms. The van der Waals surface area contributed by atoms with E-state index < -0.39 is 10.0 Å². The molecule has 1 aliphatic heterocycles. The topological polar surface area (TPSA) is 60.9 Å². The van der Waals surface area contributed by atoms with Crippen molar-refractivity contribution in [2.24, 2.45) is 0 Å². The number of benzene rings is 4. The van der Waals surface area contributed by atoms with E-state index in [0.717, 1.165) is 11.3 Å². The molecule has 0 spiro atoms. The number of nitrogens with zero attached hydrogens (tertiary/aromatic N) is 3. The second-order valence-electron chi connectivity index (χ2n) is 9.08. The Kier molecular flexibility index (Phi) is 7.42. The molecular weight excluding hydrogens is 501 g/mol. The smallest absolute Gasteiger partial charge is 0.264 e. The molecule has 194 valence electrons. The van der Waals surface area contributed by atoms with Gasteiger partial charge in [0.05, 0.1) is 22.7 Å². The first-order chi connectivity index (χ1) is 18.4. The highest BCUT2D eigenvalue weighted by atomic mass is 32.2. The van der Waals surface area contributed by atoms with Crippen LogP contribution in [0.25, 0.3) is 0 Å². The monoisotopic (exact) mass is 529 g/mol. The molecule has 0 unspecified atom stereocenters. The number of amides is 1. The minimum atomic E-state index is -3.96. The van der Waals surface area contributed by atoms with E-state index in [9.17, 15) is 17.6 Å². The molecule has 0 saturated carbocycles. The molecule has 1 heterocycles. The van der Waals surface area contributed by atoms with E-state index in [4.69, 9.17) is 0 Å². The SMILES string of the molecule is O=C(c1ccccc1N(Cc1ccccc1)S(=O)(=O)c1ccccc1)N1CCN(c2ccc(F)cc2)CC1. The van der Waals surface area contributed by atoms with Gasteiger partial charge in [-0.15, -0.1) is 0 Å². The van der Waals surface area contributed by atoms with Crippen LogP contribution >= 0.6 is 0 Å². The molecule has 0 aliphatic carbocycles. The molecule has 1 fully saturated rings. The van der Waals surface area contributed by atoms with Gasteiger partial charge in [-0.1, -0.05) is 60.7 Å². The highest BCUT2D eigenvalue weighted by Gasteiger charge is 2.31. The van der Waals surface area contributed by atoms with E-state index in [1.165, 1.54) is 16.4 Å². The van der Waals surface area contributed by atoms with E-state index in [2.05, 4.69) is 4.90 Å². The molecular formula is C30H28FN3O3S. The third kappa shape index (κ3) is 5.40. The first-order valence-electron chi connectivity index (χ1n) is 12.4. The van der Waals surface area contributed by atoms with E-state index in [1.54, 1.807) is 71.6 Å². The molecule has 8 heteroatoms. The second kappa shape index (κ2) is 11.1. The number of sulfonamides is 1. The first-order valence-corrected chi connectivity index (χ1v) is 13.9. The number of rotatable bonds is 7. The summed E-state index contributed by atoms with van der Waals surface area (Å²) in [6.45, 7) is 2.20. The first kappa shape index (κ1) is 25.5. The third-order valence-corrected chi connectivity index (χ3v) is 8.44. The largest absolute Gasteiger partial charge is 0.368 e. The Labute approximate surface area is 222 Å². The Morgan fingerprint density at radius 1 is 0.737 bits per heavy atom. The van der Waals surface area contributed by atoms with Crippen molar-refractivity contribution in [1.82, 2.24) is 4.90 Å². The van der Waals surface area contributed by atoms with Gasteiger partial charge in [0.1, 0.15) is 5.82 Å². The van der Waals surface area contributed by atoms with Crippen LogP contribution in [0.5, 0.6) is 0 Å². The predicted molar refractivity (Wildman–Crippen MR) is 147 cm³/mol. The molecule has 5 rings (SSSR count). The van der Waals surface area contributed by atoms with Gasteiger partial charge in [-0.3, -0.25) is 9.10 Å². The number of hydrogen-bond acceptors (Lipinski definition) is 4. The van der Waals surface area contributed by atoms with Gasteiger partial charge in [-0.2, -0.15) is 0 Å². The molecule has 0 atom stereocenters. The fourth-order valence-corrected chi connectivity index (χ4v) is 6.12. The molecule has 1 amide bonds. The van der Waals surface area contributed by atoms with Crippen LogP contribution in [0.15, 0.2) is 114 Å². The van der Waals surface area contributed by atoms with Crippen molar-refractivity contribution >= 4 is 27.3 Å². The summed E-state index contributed by atoms with van der Waals surface area (Å²) in [5.41, 5.74) is 2.38. The second-order valence-corrected chi connectivity index (χ2v) is 10.9. The van der Waals surface area contributed by atoms with Crippen molar-refractivity contribution in [1.29, 1.82) is 0 Å². The zero-order valence-electron chi connectivity index (χ0n) is 20.8. The molecule has 0 radical (unpaired) electrons. The summed E-state index contributed by atoms with van der Waals surface area (Å²) in [6, 6.07) is 30.8. The van der Waals surface area contributed by atoms with Crippen molar-refractivity contribution in [3.63, 3.8) is 0 Å². The molecule has 1 saturated heterocycles. The number of carbonyl (C=O) groups is 1. The lowest BCUT2D eigenvalue weighted by Crippen LogP contribution is -2.49. The van der Waals surface area contributed by atoms with Crippen LogP contribution in [-0.4, -0.2) is 45.4 Å². The average Bonchev–Trinajstić information content (AvgIpc) is 2.97. The van der Waals surface area contributed by atoms with Crippen LogP contribution in [-0.2, 0) is 16.6 Å². The summed E-state index contributed by atoms with van der Waals surface area (Å²) >= 11 is 0. The number of piperazine rings is 1. The molecule has 4 aromatic carbocycles. The number of hydrogen-bond donors (Lipinski definition) is 0. The van der Waals surface area contributed by atoms with Crippen LogP contribution in [0.1, 0.15) is 15.9 Å². The molecule has 0 aromatic heterocycles. The predicted octanol–water partition coefficient (Wildman–Crippen LogP) is 5.18. The Morgan fingerprint density at radius 3 is 1.97 bits per heavy atom. The normalized spacial score (nSPS) is 13.8. The average molecular weight is 530 g/mol. The molecule has 1 aliphatic rings. The molecule has 4 aromatic rings. The standard InChI is InChI=1S/C30H28FN3O3S/c31-25-15-17-26(18-16-25)32-19-21-33(22-20-32)30(35)28-13-7-8-14-29(28)34(23-24-9-3-1-4-10-24)38(36,37)27-11-5-2-6-12-27/h1-18H,19-23H2. The number of halogens is 1. The van der Waals surface area contributed by atoms with Crippen LogP contribution < -0.4 is 9.21 Å². The number of para-hydroxylation sites is 1. The number of carbonyl (C=O) groups excluding carboxylic acids is 1. The molecule has 0 N–H and O–H groups in total. The van der Waals surface area contributed by atoms with Crippen molar-refractivity contribution in [3.8, 4) is 0 Å². The van der Waals surface area contributed by atoms with E-state index >= 15 is 0 Å². The van der Waals surface area contributed by atoms with E-state index in [1.807, 2.05) is 30.3 Å². The summed E-state index contributed by atoms with van der Waals surface area (Å²) in [7, 11) is -3.96. The van der Waals surface area contributed by atoms with Gasteiger partial charge in [0, 0.05) is 31.9 Å². The molecule has 6 nitrogen and oxygen atoms in total. The summed E-state index contributed by atoms with van der Waals surface area (Å²) in [4.78, 5) is 17.8. The van der Waals surface area contributed by atoms with Gasteiger partial charge in [-0.25, -0.2) is 12.8 Å². The Balaban J connectivity index is 1.44. The summed E-state index contributed by atoms with van der Waals surface area (Å²) in [6.07, 6.45) is 0. The quantitative estimate of drug-likeness (QED) is 0.331. The molecule has 38 heavy (non-hydrogen) atoms. The Morgan fingerprint density at radius 2 is 1.32 bits per heavy atom. The fraction of sp³-hybridized carbons (Fsp3) is 0.167. The highest BCUT2D eigenvalue weighted by molar-refractivity contribution is 7.92. The van der Waals surface area contributed by atoms with Gasteiger partial charge >= 0.3 is 0 Å². The zero-order valence-corrected chi connectivity index (χ0v) is 21.6. The summed E-state index contributed by atoms with van der Waals surface area (Å²) < 4.78 is 42.4. The van der Waals surface area contributed by atoms with Crippen molar-refractivity contribution < 1.29 is 17.6 Å². The van der Waals surface area contributed by atoms with Crippen molar-refractivity contribution in [3.05, 3.63) is 126 Å². The van der Waals surface area contributed by atoms with Gasteiger partial charge < -0.3 is 9.80 Å². The number of anilines is 2. The van der Waals surface area contributed by atoms with Crippen LogP contribution in [0.4, 0.5) is 15.8 Å². The lowest BCUT2D eigenvalue weighted by Gasteiger charge is -2.37. The van der Waals surface area contributed by atoms with Crippen molar-refractivity contribution in [2.75, 3.05) is 35.4 Å². The lowest BCUT2D eigenvalue weighted by molar-refractivity contribution is 0.0747. The van der Waals surface area contributed by atoms with Crippen LogP contribution in [0, 0.1) is 5.82 Å². The minimum absolute atomic E-state index is 0.0840. The maximum absolute atomic E-state index is 13.9. The lowest BCUT2D eigenvalue weighted by atomic mass is 10.1. The van der Waals surface area contributed by atoms with Gasteiger partial charge in [0.15, 0.2) is 0 Å². The van der Waals surface area contributed by atoms with Gasteiger partial charge in [0.25, 0.3) is 15.9 Å². The highest BCUT2D eigenvalue weighted by Crippen LogP contribution is 2.30. The van der Waals surface area contributed by atoms with Crippen molar-refractivity contribution in [2.45, 2.75) is 11.4 Å². The third-order valence-electron chi connectivity index (χ3n) is 6.66. The fourth-order valence-electron chi connectivity index (χ4n) is 4.63. The summed E-state index contributed by atoms with van der Waals surface area (Å²) in [5, 5.41) is 0. The van der Waals surface area contributed by atoms with E-state index in [0.29, 0.717) is 37.4 Å².